The van der Waals surface area contributed by atoms with E-state index in [1.165, 1.54) is 0 Å². The fourth-order valence-corrected chi connectivity index (χ4v) is 3.40. The van der Waals surface area contributed by atoms with Gasteiger partial charge in [-0.3, -0.25) is 9.79 Å². The maximum atomic E-state index is 12.5. The fraction of sp³-hybridized carbons (Fsp3) is 0.143. The summed E-state index contributed by atoms with van der Waals surface area (Å²) in [5.41, 5.74) is 3.75. The molecule has 2 aliphatic rings. The van der Waals surface area contributed by atoms with Crippen LogP contribution in [0.25, 0.3) is 5.57 Å². The maximum Gasteiger partial charge on any atom is 0.324 e. The number of allylic oxidation sites excluding steroid dienone is 1. The number of carbonyl (C=O) groups excluding carboxylic acids is 1. The lowest BCUT2D eigenvalue weighted by Crippen LogP contribution is -2.35. The third-order valence-corrected chi connectivity index (χ3v) is 4.72. The number of aliphatic imine (C=N–C) groups is 1. The molecule has 0 bridgehead atoms. The number of ether oxygens (including phenoxy) is 1. The number of nitro groups is 1. The van der Waals surface area contributed by atoms with Crippen molar-refractivity contribution in [2.24, 2.45) is 4.99 Å². The zero-order valence-corrected chi connectivity index (χ0v) is 15.1. The lowest BCUT2D eigenvalue weighted by Gasteiger charge is -2.15. The molecule has 0 amide bonds. The van der Waals surface area contributed by atoms with Crippen LogP contribution in [0, 0.1) is 10.1 Å². The number of nitrogens with zero attached hydrogens (tertiary/aromatic N) is 2. The summed E-state index contributed by atoms with van der Waals surface area (Å²) in [6.45, 7) is 0. The molecule has 1 atom stereocenters. The van der Waals surface area contributed by atoms with E-state index < -0.39 is 16.7 Å². The van der Waals surface area contributed by atoms with E-state index in [1.807, 2.05) is 54.6 Å². The second-order valence-corrected chi connectivity index (χ2v) is 6.47. The molecule has 7 heteroatoms. The Labute approximate surface area is 161 Å². The minimum atomic E-state index is -0.778. The predicted molar refractivity (Wildman–Crippen MR) is 105 cm³/mol. The zero-order chi connectivity index (χ0) is 19.7. The van der Waals surface area contributed by atoms with Crippen LogP contribution in [-0.2, 0) is 11.2 Å². The Morgan fingerprint density at radius 1 is 1.14 bits per heavy atom. The third-order valence-electron chi connectivity index (χ3n) is 4.72. The van der Waals surface area contributed by atoms with Gasteiger partial charge in [0.05, 0.1) is 18.9 Å². The highest BCUT2D eigenvalue weighted by Crippen LogP contribution is 2.34. The molecule has 2 aromatic carbocycles. The molecule has 0 aliphatic carbocycles. The third kappa shape index (κ3) is 3.18. The summed E-state index contributed by atoms with van der Waals surface area (Å²) in [6, 6.07) is 16.3. The van der Waals surface area contributed by atoms with Gasteiger partial charge >= 0.3 is 5.82 Å². The van der Waals surface area contributed by atoms with Gasteiger partial charge in [0.15, 0.2) is 11.8 Å². The smallest absolute Gasteiger partial charge is 0.324 e. The second-order valence-electron chi connectivity index (χ2n) is 6.47. The minimum absolute atomic E-state index is 0.335. The van der Waals surface area contributed by atoms with Crippen molar-refractivity contribution in [3.63, 3.8) is 0 Å². The number of ketones is 1. The van der Waals surface area contributed by atoms with Crippen molar-refractivity contribution < 1.29 is 14.5 Å². The SMILES string of the molecule is COc1ccc(C2=C3NC([N+](=O)[O-])=CC(=O)C3N=C2Cc2ccccc2)cc1. The molecule has 0 fully saturated rings. The molecular formula is C21H17N3O4. The molecule has 4 rings (SSSR count). The molecule has 2 aromatic rings. The summed E-state index contributed by atoms with van der Waals surface area (Å²) in [5.74, 6) is -0.0306. The van der Waals surface area contributed by atoms with Gasteiger partial charge in [-0.2, -0.15) is 0 Å². The molecule has 140 valence electrons. The van der Waals surface area contributed by atoms with Gasteiger partial charge in [0, 0.05) is 12.0 Å². The van der Waals surface area contributed by atoms with Crippen LogP contribution >= 0.6 is 0 Å². The molecule has 1 unspecified atom stereocenters. The van der Waals surface area contributed by atoms with Crippen molar-refractivity contribution in [2.75, 3.05) is 7.11 Å². The molecule has 7 nitrogen and oxygen atoms in total. The second kappa shape index (κ2) is 7.11. The van der Waals surface area contributed by atoms with Gasteiger partial charge in [-0.25, -0.2) is 5.32 Å². The Balaban J connectivity index is 1.81. The summed E-state index contributed by atoms with van der Waals surface area (Å²) in [6.07, 6.45) is 1.53. The summed E-state index contributed by atoms with van der Waals surface area (Å²) in [4.78, 5) is 27.7. The summed E-state index contributed by atoms with van der Waals surface area (Å²) >= 11 is 0. The van der Waals surface area contributed by atoms with Gasteiger partial charge < -0.3 is 14.9 Å². The molecular weight excluding hydrogens is 358 g/mol. The van der Waals surface area contributed by atoms with E-state index in [0.29, 0.717) is 17.9 Å². The Morgan fingerprint density at radius 2 is 1.86 bits per heavy atom. The molecule has 0 saturated carbocycles. The molecule has 2 heterocycles. The van der Waals surface area contributed by atoms with Crippen molar-refractivity contribution in [3.8, 4) is 5.75 Å². The van der Waals surface area contributed by atoms with Gasteiger partial charge in [0.1, 0.15) is 11.4 Å². The number of methoxy groups -OCH3 is 1. The molecule has 0 spiro atoms. The van der Waals surface area contributed by atoms with E-state index in [4.69, 9.17) is 4.74 Å². The van der Waals surface area contributed by atoms with E-state index in [-0.39, 0.29) is 5.82 Å². The molecule has 1 N–H and O–H groups in total. The van der Waals surface area contributed by atoms with Gasteiger partial charge in [0.2, 0.25) is 0 Å². The number of carbonyl (C=O) groups is 1. The summed E-state index contributed by atoms with van der Waals surface area (Å²) in [5, 5.41) is 14.0. The van der Waals surface area contributed by atoms with E-state index in [0.717, 1.165) is 28.5 Å². The Bertz CT molecular complexity index is 1040. The standard InChI is InChI=1S/C21H17N3O4/c1-28-15-9-7-14(8-10-15)19-16(11-13-5-3-2-4-6-13)22-20-17(25)12-18(24(26)27)23-21(19)20/h2-10,12,20,23H,11H2,1H3. The van der Waals surface area contributed by atoms with Gasteiger partial charge in [-0.05, 0) is 28.2 Å². The largest absolute Gasteiger partial charge is 0.497 e. The number of hydrogen-bond donors (Lipinski definition) is 1. The van der Waals surface area contributed by atoms with Crippen LogP contribution < -0.4 is 10.1 Å². The van der Waals surface area contributed by atoms with E-state index >= 15 is 0 Å². The van der Waals surface area contributed by atoms with E-state index in [2.05, 4.69) is 10.3 Å². The number of nitrogens with one attached hydrogen (secondary N) is 1. The number of rotatable bonds is 5. The highest BCUT2D eigenvalue weighted by Gasteiger charge is 2.41. The first-order valence-corrected chi connectivity index (χ1v) is 8.73. The first-order chi connectivity index (χ1) is 13.6. The molecule has 2 aliphatic heterocycles. The lowest BCUT2D eigenvalue weighted by molar-refractivity contribution is -0.431. The molecule has 0 radical (unpaired) electrons. The van der Waals surface area contributed by atoms with Crippen LogP contribution in [0.2, 0.25) is 0 Å². The van der Waals surface area contributed by atoms with E-state index in [9.17, 15) is 14.9 Å². The van der Waals surface area contributed by atoms with Crippen molar-refractivity contribution in [3.05, 3.63) is 93.4 Å². The first kappa shape index (κ1) is 17.7. The first-order valence-electron chi connectivity index (χ1n) is 8.73. The Hall–Kier alpha value is -3.74. The van der Waals surface area contributed by atoms with Crippen LogP contribution in [-0.4, -0.2) is 29.6 Å². The van der Waals surface area contributed by atoms with Gasteiger partial charge in [0.25, 0.3) is 0 Å². The van der Waals surface area contributed by atoms with Crippen LogP contribution in [0.15, 0.2) is 77.2 Å². The highest BCUT2D eigenvalue weighted by molar-refractivity contribution is 6.29. The van der Waals surface area contributed by atoms with Crippen LogP contribution in [0.4, 0.5) is 0 Å². The van der Waals surface area contributed by atoms with Crippen molar-refractivity contribution in [2.45, 2.75) is 12.5 Å². The monoisotopic (exact) mass is 375 g/mol. The van der Waals surface area contributed by atoms with Crippen molar-refractivity contribution in [1.82, 2.24) is 5.32 Å². The Morgan fingerprint density at radius 3 is 2.50 bits per heavy atom. The average molecular weight is 375 g/mol. The summed E-state index contributed by atoms with van der Waals surface area (Å²) < 4.78 is 5.21. The highest BCUT2D eigenvalue weighted by atomic mass is 16.6. The lowest BCUT2D eigenvalue weighted by atomic mass is 9.93. The van der Waals surface area contributed by atoms with Gasteiger partial charge in [-0.15, -0.1) is 0 Å². The van der Waals surface area contributed by atoms with Crippen molar-refractivity contribution in [1.29, 1.82) is 0 Å². The molecule has 28 heavy (non-hydrogen) atoms. The minimum Gasteiger partial charge on any atom is -0.497 e. The van der Waals surface area contributed by atoms with Crippen LogP contribution in [0.1, 0.15) is 11.1 Å². The number of benzene rings is 2. The maximum absolute atomic E-state index is 12.5. The molecule has 0 saturated heterocycles. The normalized spacial score (nSPS) is 18.2. The van der Waals surface area contributed by atoms with Crippen LogP contribution in [0.5, 0.6) is 5.75 Å². The average Bonchev–Trinajstić information content (AvgIpc) is 3.07. The number of hydrogen-bond acceptors (Lipinski definition) is 6. The van der Waals surface area contributed by atoms with Crippen LogP contribution in [0.3, 0.4) is 0 Å². The number of fused-ring (bicyclic) bond motifs is 1. The zero-order valence-electron chi connectivity index (χ0n) is 15.1. The van der Waals surface area contributed by atoms with Crippen molar-refractivity contribution >= 4 is 17.1 Å². The van der Waals surface area contributed by atoms with E-state index in [1.54, 1.807) is 7.11 Å². The quantitative estimate of drug-likeness (QED) is 0.641. The Kier molecular flexibility index (Phi) is 4.49. The fourth-order valence-electron chi connectivity index (χ4n) is 3.40. The topological polar surface area (TPSA) is 93.8 Å². The molecule has 0 aromatic heterocycles. The van der Waals surface area contributed by atoms with Gasteiger partial charge in [-0.1, -0.05) is 42.5 Å². The predicted octanol–water partition coefficient (Wildman–Crippen LogP) is 2.76. The summed E-state index contributed by atoms with van der Waals surface area (Å²) in [7, 11) is 1.58.